The molecule has 2 atom stereocenters. The average Bonchev–Trinajstić information content (AvgIpc) is 2.95. The van der Waals surface area contributed by atoms with Gasteiger partial charge in [-0.1, -0.05) is 0 Å². The molecule has 0 aliphatic heterocycles. The second kappa shape index (κ2) is 4.01. The molecular weight excluding hydrogens is 318 g/mol. The SMILES string of the molecule is COS(=O)(=O)C(F)(F)COC(=O)C12CC3CC4CC(C1)C32C4. The van der Waals surface area contributed by atoms with Crippen LogP contribution < -0.4 is 0 Å². The van der Waals surface area contributed by atoms with E-state index < -0.39 is 33.4 Å². The predicted molar refractivity (Wildman–Crippen MR) is 70.3 cm³/mol. The fraction of sp³-hybridized carbons (Fsp3) is 0.929. The van der Waals surface area contributed by atoms with Gasteiger partial charge in [-0.15, -0.1) is 0 Å². The van der Waals surface area contributed by atoms with Crippen molar-refractivity contribution in [3.63, 3.8) is 0 Å². The van der Waals surface area contributed by atoms with Crippen LogP contribution in [0.25, 0.3) is 0 Å². The third-order valence-corrected chi connectivity index (χ3v) is 8.04. The summed E-state index contributed by atoms with van der Waals surface area (Å²) in [7, 11) is -4.40. The number of carbonyl (C=O) groups is 1. The molecule has 4 rings (SSSR count). The van der Waals surface area contributed by atoms with E-state index in [1.165, 1.54) is 0 Å². The van der Waals surface area contributed by atoms with Crippen molar-refractivity contribution in [1.29, 1.82) is 0 Å². The molecule has 1 spiro atoms. The molecule has 0 amide bonds. The van der Waals surface area contributed by atoms with Crippen molar-refractivity contribution in [2.24, 2.45) is 28.6 Å². The molecule has 2 unspecified atom stereocenters. The Morgan fingerprint density at radius 2 is 1.82 bits per heavy atom. The zero-order valence-electron chi connectivity index (χ0n) is 12.2. The summed E-state index contributed by atoms with van der Waals surface area (Å²) in [5, 5.41) is -4.22. The molecule has 0 aromatic heterocycles. The number of esters is 1. The number of rotatable bonds is 5. The Morgan fingerprint density at radius 3 is 2.32 bits per heavy atom. The number of hydrogen-bond donors (Lipinski definition) is 0. The second-order valence-electron chi connectivity index (χ2n) is 7.30. The van der Waals surface area contributed by atoms with E-state index in [1.54, 1.807) is 0 Å². The van der Waals surface area contributed by atoms with Gasteiger partial charge in [0.25, 0.3) is 0 Å². The highest BCUT2D eigenvalue weighted by molar-refractivity contribution is 7.87. The van der Waals surface area contributed by atoms with Crippen molar-refractivity contribution >= 4 is 16.1 Å². The molecule has 4 saturated carbocycles. The zero-order chi connectivity index (χ0) is 16.0. The van der Waals surface area contributed by atoms with Gasteiger partial charge in [0.15, 0.2) is 6.61 Å². The first-order valence-corrected chi connectivity index (χ1v) is 8.94. The van der Waals surface area contributed by atoms with Crippen molar-refractivity contribution in [2.45, 2.75) is 37.4 Å². The number of alkyl halides is 2. The molecule has 4 fully saturated rings. The standard InChI is InChI=1S/C14H18F2O5S/c1-20-22(18,19)14(15,16)7-21-11(17)12-5-9-2-8-3-10(6-12)13(9,12)4-8/h8-10H,2-7H2,1H3. The first-order valence-electron chi connectivity index (χ1n) is 7.54. The van der Waals surface area contributed by atoms with Crippen LogP contribution in [0.1, 0.15) is 32.1 Å². The quantitative estimate of drug-likeness (QED) is 0.567. The van der Waals surface area contributed by atoms with Crippen molar-refractivity contribution in [2.75, 3.05) is 13.7 Å². The van der Waals surface area contributed by atoms with Gasteiger partial charge < -0.3 is 4.74 Å². The minimum atomic E-state index is -5.06. The molecule has 0 aromatic rings. The highest BCUT2D eigenvalue weighted by atomic mass is 32.2. The average molecular weight is 336 g/mol. The summed E-state index contributed by atoms with van der Waals surface area (Å²) in [6.45, 7) is -1.47. The summed E-state index contributed by atoms with van der Waals surface area (Å²) in [4.78, 5) is 12.4. The summed E-state index contributed by atoms with van der Waals surface area (Å²) in [5.41, 5.74) is -0.648. The van der Waals surface area contributed by atoms with E-state index in [1.807, 2.05) is 0 Å². The van der Waals surface area contributed by atoms with Gasteiger partial charge in [0.2, 0.25) is 0 Å². The van der Waals surface area contributed by atoms with E-state index >= 15 is 0 Å². The molecule has 0 aromatic carbocycles. The van der Waals surface area contributed by atoms with E-state index in [2.05, 4.69) is 4.18 Å². The Labute approximate surface area is 127 Å². The Balaban J connectivity index is 1.47. The normalized spacial score (nSPS) is 45.0. The van der Waals surface area contributed by atoms with Crippen molar-refractivity contribution in [1.82, 2.24) is 0 Å². The Hall–Kier alpha value is -0.760. The summed E-state index contributed by atoms with van der Waals surface area (Å²) >= 11 is 0. The minimum absolute atomic E-state index is 0.0236. The number of fused-ring (bicyclic) bond motifs is 1. The molecule has 0 radical (unpaired) electrons. The molecule has 2 bridgehead atoms. The zero-order valence-corrected chi connectivity index (χ0v) is 13.0. The van der Waals surface area contributed by atoms with Crippen LogP contribution in [0.3, 0.4) is 0 Å². The van der Waals surface area contributed by atoms with Gasteiger partial charge in [0, 0.05) is 0 Å². The molecule has 124 valence electrons. The van der Waals surface area contributed by atoms with Gasteiger partial charge in [-0.3, -0.25) is 8.98 Å². The van der Waals surface area contributed by atoms with Gasteiger partial charge >= 0.3 is 21.3 Å². The first-order chi connectivity index (χ1) is 10.2. The monoisotopic (exact) mass is 336 g/mol. The maximum absolute atomic E-state index is 13.5. The Kier molecular flexibility index (Phi) is 2.70. The van der Waals surface area contributed by atoms with E-state index in [-0.39, 0.29) is 5.41 Å². The van der Waals surface area contributed by atoms with E-state index in [4.69, 9.17) is 4.74 Å². The molecule has 8 heteroatoms. The summed E-state index contributed by atoms with van der Waals surface area (Å²) in [6.07, 6.45) is 4.70. The first kappa shape index (κ1) is 14.8. The topological polar surface area (TPSA) is 69.7 Å². The number of carbonyl (C=O) groups excluding carboxylic acids is 1. The molecule has 22 heavy (non-hydrogen) atoms. The van der Waals surface area contributed by atoms with Crippen LogP contribution in [0.2, 0.25) is 0 Å². The largest absolute Gasteiger partial charge is 0.457 e. The molecule has 0 heterocycles. The van der Waals surface area contributed by atoms with Gasteiger partial charge in [-0.2, -0.15) is 17.2 Å². The third-order valence-electron chi connectivity index (χ3n) is 6.75. The number of ether oxygens (including phenoxy) is 1. The molecule has 0 N–H and O–H groups in total. The fourth-order valence-corrected chi connectivity index (χ4v) is 6.47. The number of halogens is 2. The van der Waals surface area contributed by atoms with E-state index in [9.17, 15) is 22.0 Å². The van der Waals surface area contributed by atoms with Crippen LogP contribution >= 0.6 is 0 Å². The van der Waals surface area contributed by atoms with Crippen LogP contribution in [0, 0.1) is 28.6 Å². The minimum Gasteiger partial charge on any atom is -0.457 e. The second-order valence-corrected chi connectivity index (χ2v) is 9.14. The van der Waals surface area contributed by atoms with Crippen molar-refractivity contribution in [3.05, 3.63) is 0 Å². The number of hydrogen-bond acceptors (Lipinski definition) is 5. The molecule has 4 aliphatic carbocycles. The van der Waals surface area contributed by atoms with Crippen LogP contribution in [-0.4, -0.2) is 33.4 Å². The smallest absolute Gasteiger partial charge is 0.403 e. The molecule has 4 aliphatic rings. The predicted octanol–water partition coefficient (Wildman–Crippen LogP) is 1.92. The van der Waals surface area contributed by atoms with Gasteiger partial charge in [0.05, 0.1) is 12.5 Å². The highest BCUT2D eigenvalue weighted by Gasteiger charge is 2.84. The van der Waals surface area contributed by atoms with Crippen LogP contribution in [0.15, 0.2) is 0 Å². The van der Waals surface area contributed by atoms with E-state index in [0.29, 0.717) is 37.7 Å². The highest BCUT2D eigenvalue weighted by Crippen LogP contribution is 2.87. The summed E-state index contributed by atoms with van der Waals surface area (Å²) < 4.78 is 57.9. The fourth-order valence-electron chi connectivity index (χ4n) is 6.02. The lowest BCUT2D eigenvalue weighted by atomic mass is 9.30. The Morgan fingerprint density at radius 1 is 1.23 bits per heavy atom. The lowest BCUT2D eigenvalue weighted by Gasteiger charge is -2.72. The molecule has 5 nitrogen and oxygen atoms in total. The van der Waals surface area contributed by atoms with Crippen molar-refractivity contribution in [3.8, 4) is 0 Å². The molecular formula is C14H18F2O5S. The lowest BCUT2D eigenvalue weighted by molar-refractivity contribution is -0.266. The van der Waals surface area contributed by atoms with Gasteiger partial charge in [-0.05, 0) is 55.3 Å². The third kappa shape index (κ3) is 1.42. The molecule has 0 saturated heterocycles. The van der Waals surface area contributed by atoms with Crippen LogP contribution in [0.4, 0.5) is 8.78 Å². The van der Waals surface area contributed by atoms with Crippen molar-refractivity contribution < 1.29 is 30.9 Å². The maximum atomic E-state index is 13.5. The lowest BCUT2D eigenvalue weighted by Crippen LogP contribution is -2.71. The van der Waals surface area contributed by atoms with Gasteiger partial charge in [-0.25, -0.2) is 0 Å². The van der Waals surface area contributed by atoms with Crippen LogP contribution in [-0.2, 0) is 23.8 Å². The van der Waals surface area contributed by atoms with Gasteiger partial charge in [0.1, 0.15) is 0 Å². The summed E-state index contributed by atoms with van der Waals surface area (Å²) in [6, 6.07) is 0. The maximum Gasteiger partial charge on any atom is 0.403 e. The van der Waals surface area contributed by atoms with E-state index in [0.717, 1.165) is 19.3 Å². The Bertz CT molecular complexity index is 628. The summed E-state index contributed by atoms with van der Waals surface area (Å²) in [5.74, 6) is 1.08. The van der Waals surface area contributed by atoms with Crippen LogP contribution in [0.5, 0.6) is 0 Å².